The van der Waals surface area contributed by atoms with Crippen LogP contribution in [0.15, 0.2) is 0 Å². The molecule has 0 unspecified atom stereocenters. The molecule has 112 valence electrons. The Kier molecular flexibility index (Phi) is 4.86. The van der Waals surface area contributed by atoms with Gasteiger partial charge in [0.25, 0.3) is 0 Å². The molecular weight excluding hydrogens is 260 g/mol. The van der Waals surface area contributed by atoms with Gasteiger partial charge >= 0.3 is 5.97 Å². The summed E-state index contributed by atoms with van der Waals surface area (Å²) in [5, 5.41) is 0.210. The Balaban J connectivity index is 2.35. The zero-order valence-electron chi connectivity index (χ0n) is 13.3. The van der Waals surface area contributed by atoms with Crippen LogP contribution in [-0.2, 0) is 18.7 Å². The molecule has 0 amide bonds. The average Bonchev–Trinajstić information content (AvgIpc) is 2.90. The van der Waals surface area contributed by atoms with E-state index in [9.17, 15) is 4.79 Å². The summed E-state index contributed by atoms with van der Waals surface area (Å²) in [7, 11) is -1.70. The monoisotopic (exact) mass is 288 g/mol. The Hall–Kier alpha value is -0.393. The normalized spacial score (nSPS) is 27.2. The van der Waals surface area contributed by atoms with E-state index in [0.717, 1.165) is 6.42 Å². The van der Waals surface area contributed by atoms with E-state index >= 15 is 0 Å². The van der Waals surface area contributed by atoms with E-state index in [0.29, 0.717) is 13.2 Å². The van der Waals surface area contributed by atoms with E-state index in [-0.39, 0.29) is 17.1 Å². The molecule has 1 rings (SSSR count). The van der Waals surface area contributed by atoms with Crippen molar-refractivity contribution < 1.29 is 18.7 Å². The molecule has 1 saturated heterocycles. The SMILES string of the molecule is CCOC(=O)[C@]1(C)O[C@@H]1CCO[Si](C)(C)C(C)(C)C. The number of carbonyl (C=O) groups excluding carboxylic acids is 1. The lowest BCUT2D eigenvalue weighted by Gasteiger charge is -2.36. The Labute approximate surface area is 117 Å². The van der Waals surface area contributed by atoms with Crippen LogP contribution in [0.4, 0.5) is 0 Å². The van der Waals surface area contributed by atoms with Crippen molar-refractivity contribution >= 4 is 14.3 Å². The number of ether oxygens (including phenoxy) is 2. The van der Waals surface area contributed by atoms with Gasteiger partial charge in [0.05, 0.1) is 6.61 Å². The summed E-state index contributed by atoms with van der Waals surface area (Å²) in [5.74, 6) is -0.257. The van der Waals surface area contributed by atoms with Gasteiger partial charge < -0.3 is 13.9 Å². The molecule has 0 bridgehead atoms. The molecule has 1 aliphatic heterocycles. The van der Waals surface area contributed by atoms with Crippen LogP contribution in [0.2, 0.25) is 18.1 Å². The first-order valence-electron chi connectivity index (χ1n) is 7.03. The summed E-state index contributed by atoms with van der Waals surface area (Å²) in [6.07, 6.45) is 0.693. The molecular formula is C14H28O4Si. The van der Waals surface area contributed by atoms with Crippen molar-refractivity contribution in [1.82, 2.24) is 0 Å². The van der Waals surface area contributed by atoms with Gasteiger partial charge in [0.15, 0.2) is 13.9 Å². The molecule has 5 heteroatoms. The number of esters is 1. The molecule has 0 N–H and O–H groups in total. The highest BCUT2D eigenvalue weighted by Crippen LogP contribution is 2.41. The lowest BCUT2D eigenvalue weighted by Crippen LogP contribution is -2.41. The number of epoxide rings is 1. The topological polar surface area (TPSA) is 48.1 Å². The van der Waals surface area contributed by atoms with Gasteiger partial charge in [-0.05, 0) is 38.4 Å². The molecule has 1 heterocycles. The van der Waals surface area contributed by atoms with E-state index in [4.69, 9.17) is 13.9 Å². The minimum absolute atomic E-state index is 0.0590. The van der Waals surface area contributed by atoms with Crippen LogP contribution in [-0.4, -0.2) is 39.2 Å². The number of carbonyl (C=O) groups is 1. The second kappa shape index (κ2) is 5.54. The highest BCUT2D eigenvalue weighted by atomic mass is 28.4. The summed E-state index contributed by atoms with van der Waals surface area (Å²) in [6, 6.07) is 0. The number of rotatable bonds is 6. The van der Waals surface area contributed by atoms with E-state index in [2.05, 4.69) is 33.9 Å². The fourth-order valence-corrected chi connectivity index (χ4v) is 2.75. The molecule has 0 saturated carbocycles. The lowest BCUT2D eigenvalue weighted by molar-refractivity contribution is -0.148. The fraction of sp³-hybridized carbons (Fsp3) is 0.929. The van der Waals surface area contributed by atoms with Gasteiger partial charge in [-0.1, -0.05) is 20.8 Å². The van der Waals surface area contributed by atoms with Crippen LogP contribution in [0.3, 0.4) is 0 Å². The molecule has 0 aromatic rings. The molecule has 19 heavy (non-hydrogen) atoms. The molecule has 4 nitrogen and oxygen atoms in total. The standard InChI is InChI=1S/C14H28O4Si/c1-8-16-12(15)14(5)11(18-14)9-10-17-19(6,7)13(2,3)4/h11H,8-10H2,1-7H3/t11-,14-/m1/s1. The van der Waals surface area contributed by atoms with Gasteiger partial charge in [-0.15, -0.1) is 0 Å². The highest BCUT2D eigenvalue weighted by molar-refractivity contribution is 6.74. The molecule has 0 aromatic heterocycles. The summed E-state index contributed by atoms with van der Waals surface area (Å²) in [5.41, 5.74) is -0.743. The summed E-state index contributed by atoms with van der Waals surface area (Å²) >= 11 is 0. The second-order valence-corrected chi connectivity index (χ2v) is 11.6. The highest BCUT2D eigenvalue weighted by Gasteiger charge is 2.59. The van der Waals surface area contributed by atoms with Gasteiger partial charge in [-0.3, -0.25) is 0 Å². The van der Waals surface area contributed by atoms with Crippen molar-refractivity contribution in [2.75, 3.05) is 13.2 Å². The van der Waals surface area contributed by atoms with Crippen molar-refractivity contribution in [3.63, 3.8) is 0 Å². The molecule has 1 fully saturated rings. The maximum Gasteiger partial charge on any atom is 0.340 e. The first-order valence-corrected chi connectivity index (χ1v) is 9.94. The van der Waals surface area contributed by atoms with Crippen LogP contribution >= 0.6 is 0 Å². The Bertz CT molecular complexity index is 335. The molecule has 2 atom stereocenters. The van der Waals surface area contributed by atoms with Gasteiger partial charge in [0, 0.05) is 6.61 Å². The summed E-state index contributed by atoms with van der Waals surface area (Å²) in [6.45, 7) is 15.7. The van der Waals surface area contributed by atoms with Crippen LogP contribution < -0.4 is 0 Å². The summed E-state index contributed by atoms with van der Waals surface area (Å²) < 4.78 is 16.6. The third kappa shape index (κ3) is 3.80. The fourth-order valence-electron chi connectivity index (χ4n) is 1.69. The third-order valence-electron chi connectivity index (χ3n) is 4.27. The minimum Gasteiger partial charge on any atom is -0.464 e. The minimum atomic E-state index is -1.70. The van der Waals surface area contributed by atoms with Crippen LogP contribution in [0.1, 0.15) is 41.0 Å². The van der Waals surface area contributed by atoms with Gasteiger partial charge in [0.1, 0.15) is 6.10 Å². The zero-order chi connectivity index (χ0) is 14.9. The first-order chi connectivity index (χ1) is 8.54. The van der Waals surface area contributed by atoms with Crippen LogP contribution in [0.25, 0.3) is 0 Å². The lowest BCUT2D eigenvalue weighted by atomic mass is 10.1. The second-order valence-electron chi connectivity index (χ2n) is 6.83. The predicted octanol–water partition coefficient (Wildman–Crippen LogP) is 3.12. The Morgan fingerprint density at radius 1 is 1.37 bits per heavy atom. The maximum atomic E-state index is 11.7. The van der Waals surface area contributed by atoms with Gasteiger partial charge in [-0.2, -0.15) is 0 Å². The van der Waals surface area contributed by atoms with Crippen LogP contribution in [0, 0.1) is 0 Å². The zero-order valence-corrected chi connectivity index (χ0v) is 14.3. The van der Waals surface area contributed by atoms with Crippen molar-refractivity contribution in [2.45, 2.75) is 70.9 Å². The molecule has 0 aromatic carbocycles. The molecule has 1 aliphatic rings. The number of hydrogen-bond acceptors (Lipinski definition) is 4. The average molecular weight is 288 g/mol. The first kappa shape index (κ1) is 16.7. The predicted molar refractivity (Wildman–Crippen MR) is 77.7 cm³/mol. The quantitative estimate of drug-likeness (QED) is 0.428. The maximum absolute atomic E-state index is 11.7. The van der Waals surface area contributed by atoms with Gasteiger partial charge in [-0.25, -0.2) is 4.79 Å². The smallest absolute Gasteiger partial charge is 0.340 e. The Morgan fingerprint density at radius 2 is 1.95 bits per heavy atom. The van der Waals surface area contributed by atoms with Crippen molar-refractivity contribution in [3.8, 4) is 0 Å². The largest absolute Gasteiger partial charge is 0.464 e. The van der Waals surface area contributed by atoms with Gasteiger partial charge in [0.2, 0.25) is 0 Å². The van der Waals surface area contributed by atoms with E-state index < -0.39 is 13.9 Å². The third-order valence-corrected chi connectivity index (χ3v) is 8.81. The van der Waals surface area contributed by atoms with Crippen molar-refractivity contribution in [3.05, 3.63) is 0 Å². The number of hydrogen-bond donors (Lipinski definition) is 0. The van der Waals surface area contributed by atoms with Crippen LogP contribution in [0.5, 0.6) is 0 Å². The van der Waals surface area contributed by atoms with Crippen molar-refractivity contribution in [1.29, 1.82) is 0 Å². The molecule has 0 aliphatic carbocycles. The molecule has 0 radical (unpaired) electrons. The van der Waals surface area contributed by atoms with Crippen molar-refractivity contribution in [2.24, 2.45) is 0 Å². The van der Waals surface area contributed by atoms with E-state index in [1.54, 1.807) is 13.8 Å². The van der Waals surface area contributed by atoms with E-state index in [1.807, 2.05) is 0 Å². The van der Waals surface area contributed by atoms with E-state index in [1.165, 1.54) is 0 Å². The Morgan fingerprint density at radius 3 is 2.42 bits per heavy atom. The molecule has 0 spiro atoms. The summed E-state index contributed by atoms with van der Waals surface area (Å²) in [4.78, 5) is 11.7.